The Morgan fingerprint density at radius 2 is 0.527 bits per heavy atom. The van der Waals surface area contributed by atoms with E-state index >= 15 is 0 Å². The minimum atomic E-state index is -0.122. The molecule has 0 radical (unpaired) electrons. The van der Waals surface area contributed by atoms with E-state index in [1.165, 1.54) is 112 Å². The highest BCUT2D eigenvalue weighted by atomic mass is 79.9. The normalized spacial score (nSPS) is 13.3. The molecular weight excluding hydrogens is 1750 g/mol. The number of hydrogen-bond acceptors (Lipinski definition) is 0. The molecule has 3 aliphatic rings. The number of halogens is 8. The van der Waals surface area contributed by atoms with E-state index < -0.39 is 0 Å². The number of rotatable bonds is 4. The van der Waals surface area contributed by atoms with Gasteiger partial charge in [-0.2, -0.15) is 0 Å². The van der Waals surface area contributed by atoms with Gasteiger partial charge in [0.2, 0.25) is 11.4 Å². The molecule has 0 saturated heterocycles. The summed E-state index contributed by atoms with van der Waals surface area (Å²) in [6.45, 7) is 99.7. The van der Waals surface area contributed by atoms with Crippen molar-refractivity contribution in [1.29, 1.82) is 0 Å². The lowest BCUT2D eigenvalue weighted by atomic mass is 9.84. The Bertz CT molecular complexity index is 5070. The van der Waals surface area contributed by atoms with Crippen LogP contribution in [0.25, 0.3) is 14.5 Å². The van der Waals surface area contributed by atoms with E-state index in [0.717, 1.165) is 65.4 Å². The molecule has 0 heterocycles. The molecule has 0 N–H and O–H groups in total. The van der Waals surface area contributed by atoms with Crippen molar-refractivity contribution in [3.63, 3.8) is 0 Å². The molecule has 0 spiro atoms. The highest BCUT2D eigenvalue weighted by Crippen LogP contribution is 2.48. The summed E-state index contributed by atoms with van der Waals surface area (Å²) < 4.78 is 53.2. The quantitative estimate of drug-likeness (QED) is 0.123. The van der Waals surface area contributed by atoms with Crippen LogP contribution in [-0.2, 0) is 54.1 Å². The van der Waals surface area contributed by atoms with Crippen LogP contribution in [0.1, 0.15) is 389 Å². The molecule has 0 unspecified atom stereocenters. The maximum absolute atomic E-state index is 13.4. The first-order valence-electron chi connectivity index (χ1n) is 46.5. The van der Waals surface area contributed by atoms with E-state index in [1.807, 2.05) is 112 Å². The largest absolute Gasteiger partial charge is 0.238 e. The van der Waals surface area contributed by atoms with Crippen molar-refractivity contribution in [2.24, 2.45) is 0 Å². The molecule has 11 heteroatoms. The van der Waals surface area contributed by atoms with Crippen LogP contribution >= 0.6 is 50.7 Å². The zero-order valence-electron chi connectivity index (χ0n) is 86.7. The average Bonchev–Trinajstić information content (AvgIpc) is 1.66. The summed E-state index contributed by atoms with van der Waals surface area (Å²) in [6.07, 6.45) is 7.94. The summed E-state index contributed by atoms with van der Waals surface area (Å²) in [5.74, 6) is 2.08. The second kappa shape index (κ2) is 47.8. The van der Waals surface area contributed by atoms with Gasteiger partial charge in [0.15, 0.2) is 5.69 Å². The third kappa shape index (κ3) is 38.6. The Morgan fingerprint density at radius 3 is 0.863 bits per heavy atom. The van der Waals surface area contributed by atoms with Crippen LogP contribution in [0.2, 0.25) is 15.1 Å². The maximum Gasteiger partial charge on any atom is 0.205 e. The smallest absolute Gasteiger partial charge is 0.205 e. The highest BCUT2D eigenvalue weighted by molar-refractivity contribution is 9.10. The van der Waals surface area contributed by atoms with Gasteiger partial charge in [0.05, 0.1) is 19.7 Å². The van der Waals surface area contributed by atoms with Crippen molar-refractivity contribution >= 4 is 67.8 Å². The Kier molecular flexibility index (Phi) is 42.0. The van der Waals surface area contributed by atoms with Crippen molar-refractivity contribution < 1.29 is 17.6 Å². The summed E-state index contributed by atoms with van der Waals surface area (Å²) in [4.78, 5) is 10.3. The zero-order chi connectivity index (χ0) is 100. The van der Waals surface area contributed by atoms with Gasteiger partial charge in [-0.05, 0) is 293 Å². The zero-order valence-corrected chi connectivity index (χ0v) is 90.6. The predicted molar refractivity (Wildman–Crippen MR) is 566 cm³/mol. The second-order valence-corrected chi connectivity index (χ2v) is 48.4. The van der Waals surface area contributed by atoms with Crippen LogP contribution < -0.4 is 0 Å². The fourth-order valence-corrected chi connectivity index (χ4v) is 14.6. The lowest BCUT2D eigenvalue weighted by Crippen LogP contribution is -2.12. The van der Waals surface area contributed by atoms with Crippen LogP contribution in [0.4, 0.5) is 34.6 Å². The van der Waals surface area contributed by atoms with Crippen molar-refractivity contribution in [3.8, 4) is 0 Å². The molecule has 708 valence electrons. The maximum atomic E-state index is 13.4. The lowest BCUT2D eigenvalue weighted by Gasteiger charge is -2.21. The molecule has 3 aliphatic carbocycles. The summed E-state index contributed by atoms with van der Waals surface area (Å²) in [7, 11) is 0. The number of hydrogen-bond donors (Lipinski definition) is 0. The molecule has 10 aromatic rings. The van der Waals surface area contributed by atoms with Crippen LogP contribution in [0.15, 0.2) is 186 Å². The van der Waals surface area contributed by atoms with E-state index in [0.29, 0.717) is 27.9 Å². The average molecular weight is 1900 g/mol. The fraction of sp³-hybridized carbons (Fsp3) is 0.475. The molecule has 0 atom stereocenters. The molecule has 0 aliphatic heterocycles. The second-order valence-electron chi connectivity index (χ2n) is 46.3. The van der Waals surface area contributed by atoms with Crippen LogP contribution in [0.3, 0.4) is 0 Å². The first-order valence-corrected chi connectivity index (χ1v) is 48.4. The van der Waals surface area contributed by atoms with Gasteiger partial charge in [-0.25, -0.2) is 32.1 Å². The van der Waals surface area contributed by atoms with Crippen LogP contribution in [0.5, 0.6) is 0 Å². The van der Waals surface area contributed by atoms with Gasteiger partial charge in [-0.3, -0.25) is 0 Å². The van der Waals surface area contributed by atoms with Crippen molar-refractivity contribution in [1.82, 2.24) is 0 Å². The number of benzene rings is 10. The number of nitrogens with zero attached hydrogens (tertiary/aromatic N) is 3. The summed E-state index contributed by atoms with van der Waals surface area (Å²) in [5, 5.41) is 2.34. The first kappa shape index (κ1) is 115. The molecule has 0 aromatic heterocycles. The van der Waals surface area contributed by atoms with Crippen LogP contribution in [0, 0.1) is 77.6 Å². The third-order valence-corrected chi connectivity index (χ3v) is 25.2. The molecule has 3 nitrogen and oxygen atoms in total. The van der Waals surface area contributed by atoms with Gasteiger partial charge in [0.25, 0.3) is 0 Å². The predicted octanol–water partition coefficient (Wildman–Crippen LogP) is 40.1. The van der Waals surface area contributed by atoms with Gasteiger partial charge in [0.1, 0.15) is 23.3 Å². The van der Waals surface area contributed by atoms with Crippen molar-refractivity contribution in [2.75, 3.05) is 0 Å². The van der Waals surface area contributed by atoms with Gasteiger partial charge in [-0.1, -0.05) is 418 Å². The molecule has 0 bridgehead atoms. The molecule has 131 heavy (non-hydrogen) atoms. The van der Waals surface area contributed by atoms with Crippen molar-refractivity contribution in [2.45, 2.75) is 373 Å². The minimum Gasteiger partial charge on any atom is -0.238 e. The van der Waals surface area contributed by atoms with E-state index in [-0.39, 0.29) is 83.3 Å². The molecule has 0 amide bonds. The Hall–Kier alpha value is -8.26. The van der Waals surface area contributed by atoms with Crippen LogP contribution in [-0.4, -0.2) is 0 Å². The summed E-state index contributed by atoms with van der Waals surface area (Å²) in [6, 6.07) is 59.0. The highest BCUT2D eigenvalue weighted by Gasteiger charge is 2.31. The monoisotopic (exact) mass is 1900 g/mol. The number of aryl methyl sites for hydroxylation is 5. The summed E-state index contributed by atoms with van der Waals surface area (Å²) in [5.41, 5.74) is 25.9. The van der Waals surface area contributed by atoms with E-state index in [9.17, 15) is 17.6 Å². The van der Waals surface area contributed by atoms with Gasteiger partial charge < -0.3 is 0 Å². The Balaban J connectivity index is 0.000000305. The Labute approximate surface area is 816 Å². The molecule has 10 aromatic carbocycles. The van der Waals surface area contributed by atoms with E-state index in [4.69, 9.17) is 54.5 Å². The molecular formula is C120H157BrCl3F4N3. The SMILES string of the molecule is CC(C)(C)c1ccc(Cl)c(C2CC2)c1.CC(C)c1cc(C(C)(C)C)ccc1F.Cc1cc(C(C)(C)C)ccc1Cl.Cc1cc(C(C)(C)C)ccc1F.Cc1cc(C(C)(C)C)ccc1F.Cc1ccc(C(C)(C)C)cc1C1CC1.Cc1ccc(C(C)(C)C)cc1F.[C-]#[N+]c1ccc(C(C)(C)C)cc1Br.[C-]#[N+]c1ccc(C(C)(C)C)cc1C1CC1.[C-]#[N+]c1ccc(C(C)(C)C)cc1Cl. The third-order valence-electron chi connectivity index (χ3n) is 23.5. The minimum absolute atomic E-state index is 0.0362. The van der Waals surface area contributed by atoms with E-state index in [2.05, 4.69) is 306 Å². The van der Waals surface area contributed by atoms with Gasteiger partial charge in [0, 0.05) is 19.5 Å². The molecule has 13 rings (SSSR count). The standard InChI is InChI=1S/C14H17N.C14H20.C13H17Cl.C13H19F.C11H12BrN.C11H12ClN.C11H15Cl.3C11H15F/c1-14(2,3)11-7-8-13(15-4)12(9-11)10-5-6-10;1-10-5-8-12(14(2,3)4)9-13(10)11-6-7-11;1-13(2,3)10-6-7-12(14)11(8-10)9-4-5-9;1-9(2)11-8-10(13(3,4)5)6-7-12(11)14;2*1-11(2,3)8-5-6-10(13-4)9(12)7-8;3*1-8-7-9(11(2,3)4)5-6-10(8)12;1-8-5-6-9(7-10(8)12)11(2,3)4/h7-10H,5-6H2,1-3H3;5,8-9,11H,6-7H2,1-4H3;6-9H,4-5H2,1-3H3;6-9H,1-5H3;2*5-7H,1-3H3;4*5-7H,1-4H3. The topological polar surface area (TPSA) is 13.1 Å². The Morgan fingerprint density at radius 1 is 0.260 bits per heavy atom. The van der Waals surface area contributed by atoms with Crippen molar-refractivity contribution in [3.05, 3.63) is 365 Å². The van der Waals surface area contributed by atoms with Gasteiger partial charge in [-0.15, -0.1) is 0 Å². The van der Waals surface area contributed by atoms with E-state index in [1.54, 1.807) is 44.5 Å². The lowest BCUT2D eigenvalue weighted by molar-refractivity contribution is 0.569. The molecule has 3 saturated carbocycles. The summed E-state index contributed by atoms with van der Waals surface area (Å²) >= 11 is 21.4. The fourth-order valence-electron chi connectivity index (χ4n) is 13.5. The molecule has 3 fully saturated rings. The first-order chi connectivity index (χ1) is 59.8. The van der Waals surface area contributed by atoms with Gasteiger partial charge >= 0.3 is 0 Å².